The van der Waals surface area contributed by atoms with E-state index >= 15 is 0 Å². The lowest BCUT2D eigenvalue weighted by atomic mass is 10.0. The maximum Gasteiger partial charge on any atom is 0.292 e. The van der Waals surface area contributed by atoms with E-state index in [2.05, 4.69) is 95.7 Å². The van der Waals surface area contributed by atoms with E-state index in [9.17, 15) is 0 Å². The lowest BCUT2D eigenvalue weighted by molar-refractivity contribution is -0.476. The van der Waals surface area contributed by atoms with Crippen molar-refractivity contribution in [1.29, 1.82) is 0 Å². The van der Waals surface area contributed by atoms with Crippen LogP contribution in [-0.4, -0.2) is 17.5 Å². The zero-order valence-electron chi connectivity index (χ0n) is 16.0. The van der Waals surface area contributed by atoms with Gasteiger partial charge in [0.05, 0.1) is 5.56 Å². The predicted molar refractivity (Wildman–Crippen MR) is 117 cm³/mol. The van der Waals surface area contributed by atoms with Crippen LogP contribution in [0.2, 0.25) is 0 Å². The molecule has 0 radical (unpaired) electrons. The number of benzene rings is 4. The van der Waals surface area contributed by atoms with Crippen molar-refractivity contribution in [3.8, 4) is 28.0 Å². The third-order valence-corrected chi connectivity index (χ3v) is 5.88. The molecule has 0 amide bonds. The molecule has 2 nitrogen and oxygen atoms in total. The van der Waals surface area contributed by atoms with Crippen molar-refractivity contribution in [2.45, 2.75) is 6.42 Å². The van der Waals surface area contributed by atoms with Gasteiger partial charge in [0.25, 0.3) is 6.73 Å². The van der Waals surface area contributed by atoms with E-state index in [0.717, 1.165) is 23.3 Å². The minimum atomic E-state index is 0.516. The summed E-state index contributed by atoms with van der Waals surface area (Å²) in [6.07, 6.45) is 3.21. The van der Waals surface area contributed by atoms with Gasteiger partial charge in [-0.1, -0.05) is 66.7 Å². The summed E-state index contributed by atoms with van der Waals surface area (Å²) in [5.74, 6) is 0.962. The quantitative estimate of drug-likeness (QED) is 0.343. The standard InChI is InChI=1S/C27H20NO/c1-2-7-19(8-3-1)26-12-6-10-21-17-28(18-29-27(21)26)23-13-14-25-22(16-23)15-20-9-4-5-11-24(20)25/h1-14,16-17H,15,18H2/q+1. The average molecular weight is 374 g/mol. The Morgan fingerprint density at radius 1 is 0.655 bits per heavy atom. The highest BCUT2D eigenvalue weighted by molar-refractivity contribution is 5.88. The van der Waals surface area contributed by atoms with Crippen molar-refractivity contribution in [2.75, 3.05) is 6.73 Å². The first-order valence-corrected chi connectivity index (χ1v) is 10.0. The molecule has 1 aliphatic carbocycles. The third kappa shape index (κ3) is 2.68. The molecule has 0 saturated carbocycles. The highest BCUT2D eigenvalue weighted by Crippen LogP contribution is 2.39. The Balaban J connectivity index is 1.39. The second kappa shape index (κ2) is 6.46. The SMILES string of the molecule is C1=[N+](c2ccc3c(c2)Cc2ccccc2-3)COc2c1cccc2-c1ccccc1. The Hall–Kier alpha value is -3.65. The summed E-state index contributed by atoms with van der Waals surface area (Å²) in [6.45, 7) is 0.516. The first kappa shape index (κ1) is 16.3. The number of hydrogen-bond acceptors (Lipinski definition) is 1. The smallest absolute Gasteiger partial charge is 0.292 e. The van der Waals surface area contributed by atoms with Gasteiger partial charge >= 0.3 is 0 Å². The van der Waals surface area contributed by atoms with Crippen molar-refractivity contribution in [3.05, 3.63) is 108 Å². The molecule has 0 saturated heterocycles. The Morgan fingerprint density at radius 3 is 2.38 bits per heavy atom. The summed E-state index contributed by atoms with van der Waals surface area (Å²) < 4.78 is 8.45. The largest absolute Gasteiger partial charge is 0.434 e. The van der Waals surface area contributed by atoms with E-state index in [4.69, 9.17) is 4.74 Å². The van der Waals surface area contributed by atoms with E-state index in [1.165, 1.54) is 33.5 Å². The first-order chi connectivity index (χ1) is 14.4. The normalized spacial score (nSPS) is 13.7. The van der Waals surface area contributed by atoms with Crippen LogP contribution >= 0.6 is 0 Å². The van der Waals surface area contributed by atoms with Crippen molar-refractivity contribution >= 4 is 11.9 Å². The summed E-state index contributed by atoms with van der Waals surface area (Å²) in [5.41, 5.74) is 10.1. The van der Waals surface area contributed by atoms with E-state index in [0.29, 0.717) is 6.73 Å². The van der Waals surface area contributed by atoms with Crippen LogP contribution in [0.1, 0.15) is 16.7 Å². The molecule has 0 fully saturated rings. The Morgan fingerprint density at radius 2 is 1.45 bits per heavy atom. The molecule has 2 aliphatic rings. The van der Waals surface area contributed by atoms with Crippen molar-refractivity contribution in [1.82, 2.24) is 0 Å². The summed E-state index contributed by atoms with van der Waals surface area (Å²) in [6, 6.07) is 32.2. The number of para-hydroxylation sites is 1. The van der Waals surface area contributed by atoms with E-state index in [1.807, 2.05) is 6.07 Å². The fourth-order valence-corrected chi connectivity index (χ4v) is 4.46. The summed E-state index contributed by atoms with van der Waals surface area (Å²) >= 11 is 0. The molecule has 0 unspecified atom stereocenters. The van der Waals surface area contributed by atoms with Gasteiger partial charge in [-0.15, -0.1) is 0 Å². The Bertz CT molecular complexity index is 1270. The molecule has 0 spiro atoms. The van der Waals surface area contributed by atoms with Crippen LogP contribution < -0.4 is 4.74 Å². The van der Waals surface area contributed by atoms with Gasteiger partial charge in [0.2, 0.25) is 5.69 Å². The second-order valence-electron chi connectivity index (χ2n) is 7.64. The highest BCUT2D eigenvalue weighted by atomic mass is 16.5. The monoisotopic (exact) mass is 374 g/mol. The Labute approximate surface area is 170 Å². The second-order valence-corrected chi connectivity index (χ2v) is 7.64. The molecule has 0 atom stereocenters. The first-order valence-electron chi connectivity index (χ1n) is 10.0. The zero-order valence-corrected chi connectivity index (χ0v) is 16.0. The average Bonchev–Trinajstić information content (AvgIpc) is 3.17. The number of nitrogens with zero attached hydrogens (tertiary/aromatic N) is 1. The number of fused-ring (bicyclic) bond motifs is 4. The molecular weight excluding hydrogens is 354 g/mol. The third-order valence-electron chi connectivity index (χ3n) is 5.88. The maximum absolute atomic E-state index is 6.25. The molecule has 6 rings (SSSR count). The number of hydrogen-bond donors (Lipinski definition) is 0. The number of rotatable bonds is 2. The van der Waals surface area contributed by atoms with Crippen LogP contribution in [-0.2, 0) is 6.42 Å². The molecule has 0 bridgehead atoms. The fraction of sp³-hybridized carbons (Fsp3) is 0.0741. The minimum absolute atomic E-state index is 0.516. The molecule has 1 heterocycles. The van der Waals surface area contributed by atoms with Gasteiger partial charge in [-0.2, -0.15) is 4.58 Å². The van der Waals surface area contributed by atoms with Crippen LogP contribution in [0, 0.1) is 0 Å². The minimum Gasteiger partial charge on any atom is -0.434 e. The molecule has 4 aromatic rings. The van der Waals surface area contributed by atoms with Gasteiger partial charge in [0.15, 0.2) is 6.21 Å². The van der Waals surface area contributed by atoms with Gasteiger partial charge in [-0.25, -0.2) is 0 Å². The van der Waals surface area contributed by atoms with Gasteiger partial charge in [-0.3, -0.25) is 0 Å². The summed E-state index contributed by atoms with van der Waals surface area (Å²) in [7, 11) is 0. The lowest BCUT2D eigenvalue weighted by Crippen LogP contribution is -2.21. The van der Waals surface area contributed by atoms with E-state index in [-0.39, 0.29) is 0 Å². The molecule has 29 heavy (non-hydrogen) atoms. The summed E-state index contributed by atoms with van der Waals surface area (Å²) in [4.78, 5) is 0. The van der Waals surface area contributed by atoms with E-state index in [1.54, 1.807) is 0 Å². The summed E-state index contributed by atoms with van der Waals surface area (Å²) in [5, 5.41) is 0. The lowest BCUT2D eigenvalue weighted by Gasteiger charge is -2.17. The van der Waals surface area contributed by atoms with Crippen molar-refractivity contribution in [3.63, 3.8) is 0 Å². The van der Waals surface area contributed by atoms with Crippen molar-refractivity contribution < 1.29 is 9.31 Å². The fourth-order valence-electron chi connectivity index (χ4n) is 4.46. The Kier molecular flexibility index (Phi) is 3.63. The van der Waals surface area contributed by atoms with Crippen LogP contribution in [0.25, 0.3) is 22.3 Å². The maximum atomic E-state index is 6.25. The predicted octanol–water partition coefficient (Wildman–Crippen LogP) is 6.04. The molecule has 0 aromatic heterocycles. The topological polar surface area (TPSA) is 12.2 Å². The zero-order chi connectivity index (χ0) is 19.2. The van der Waals surface area contributed by atoms with Gasteiger partial charge in [-0.05, 0) is 46.4 Å². The van der Waals surface area contributed by atoms with Gasteiger partial charge < -0.3 is 4.74 Å². The molecular formula is C27H20NO+. The van der Waals surface area contributed by atoms with Gasteiger partial charge in [0, 0.05) is 17.7 Å². The molecule has 2 heteroatoms. The van der Waals surface area contributed by atoms with Crippen LogP contribution in [0.4, 0.5) is 5.69 Å². The van der Waals surface area contributed by atoms with Crippen molar-refractivity contribution in [2.24, 2.45) is 0 Å². The number of ether oxygens (including phenoxy) is 1. The van der Waals surface area contributed by atoms with Crippen LogP contribution in [0.15, 0.2) is 91.0 Å². The molecule has 4 aromatic carbocycles. The van der Waals surface area contributed by atoms with Crippen LogP contribution in [0.5, 0.6) is 5.75 Å². The molecule has 138 valence electrons. The molecule has 0 N–H and O–H groups in total. The van der Waals surface area contributed by atoms with Gasteiger partial charge in [0.1, 0.15) is 5.75 Å². The molecule has 1 aliphatic heterocycles. The van der Waals surface area contributed by atoms with Crippen LogP contribution in [0.3, 0.4) is 0 Å². The van der Waals surface area contributed by atoms with E-state index < -0.39 is 0 Å². The highest BCUT2D eigenvalue weighted by Gasteiger charge is 2.24.